The van der Waals surface area contributed by atoms with E-state index in [0.29, 0.717) is 16.5 Å². The summed E-state index contributed by atoms with van der Waals surface area (Å²) in [7, 11) is 1.46. The smallest absolute Gasteiger partial charge is 0.291 e. The van der Waals surface area contributed by atoms with Crippen molar-refractivity contribution in [3.8, 4) is 0 Å². The number of methoxy groups -OCH3 is 1. The zero-order valence-corrected chi connectivity index (χ0v) is 12.5. The third-order valence-corrected chi connectivity index (χ3v) is 3.48. The Labute approximate surface area is 134 Å². The zero-order valence-electron chi connectivity index (χ0n) is 12.5. The number of rotatable bonds is 4. The van der Waals surface area contributed by atoms with Crippen LogP contribution in [0.15, 0.2) is 40.8 Å². The van der Waals surface area contributed by atoms with E-state index in [2.05, 4.69) is 5.32 Å². The Balaban J connectivity index is 2.00. The van der Waals surface area contributed by atoms with Gasteiger partial charge in [0.2, 0.25) is 0 Å². The third kappa shape index (κ3) is 2.74. The number of hydrogen-bond acceptors (Lipinski definition) is 3. The Morgan fingerprint density at radius 3 is 2.62 bits per heavy atom. The minimum Gasteiger partial charge on any atom is -0.451 e. The molecule has 7 heteroatoms. The Kier molecular flexibility index (Phi) is 4.26. The van der Waals surface area contributed by atoms with Gasteiger partial charge >= 0.3 is 0 Å². The van der Waals surface area contributed by atoms with Gasteiger partial charge in [0.05, 0.1) is 12.3 Å². The van der Waals surface area contributed by atoms with Crippen molar-refractivity contribution >= 4 is 22.6 Å². The van der Waals surface area contributed by atoms with E-state index in [1.54, 1.807) is 24.3 Å². The van der Waals surface area contributed by atoms with E-state index in [1.165, 1.54) is 7.11 Å². The molecule has 0 aliphatic carbocycles. The summed E-state index contributed by atoms with van der Waals surface area (Å²) in [5, 5.41) is 2.86. The fourth-order valence-electron chi connectivity index (χ4n) is 2.37. The van der Waals surface area contributed by atoms with Crippen LogP contribution in [0, 0.1) is 17.5 Å². The largest absolute Gasteiger partial charge is 0.451 e. The molecule has 3 aromatic rings. The Bertz CT molecular complexity index is 921. The first kappa shape index (κ1) is 16.1. The van der Waals surface area contributed by atoms with Crippen LogP contribution < -0.4 is 5.32 Å². The first-order chi connectivity index (χ1) is 11.5. The van der Waals surface area contributed by atoms with E-state index in [9.17, 15) is 18.0 Å². The van der Waals surface area contributed by atoms with E-state index >= 15 is 0 Å². The molecular weight excluding hydrogens is 323 g/mol. The number of amides is 1. The first-order valence-corrected chi connectivity index (χ1v) is 6.97. The summed E-state index contributed by atoms with van der Waals surface area (Å²) in [4.78, 5) is 12.4. The van der Waals surface area contributed by atoms with Crippen molar-refractivity contribution in [3.05, 3.63) is 65.2 Å². The number of para-hydroxylation sites is 1. The van der Waals surface area contributed by atoms with Gasteiger partial charge in [-0.2, -0.15) is 0 Å². The van der Waals surface area contributed by atoms with Crippen LogP contribution in [0.2, 0.25) is 0 Å². The zero-order chi connectivity index (χ0) is 17.3. The molecule has 0 bridgehead atoms. The molecule has 0 atom stereocenters. The maximum Gasteiger partial charge on any atom is 0.291 e. The van der Waals surface area contributed by atoms with Gasteiger partial charge in [0.15, 0.2) is 23.2 Å². The Hall–Kier alpha value is -2.80. The molecule has 1 aromatic heterocycles. The number of nitrogens with one attached hydrogen (secondary N) is 1. The molecule has 3 rings (SSSR count). The summed E-state index contributed by atoms with van der Waals surface area (Å²) in [6.07, 6.45) is 0. The SMILES string of the molecule is COCc1c(C(=O)Nc2ccc(F)c(F)c2F)oc2ccccc12. The molecule has 4 nitrogen and oxygen atoms in total. The number of anilines is 1. The van der Waals surface area contributed by atoms with E-state index < -0.39 is 29.0 Å². The molecule has 1 N–H and O–H groups in total. The second-order valence-corrected chi connectivity index (χ2v) is 5.02. The van der Waals surface area contributed by atoms with Crippen LogP contribution in [0.3, 0.4) is 0 Å². The summed E-state index contributed by atoms with van der Waals surface area (Å²) >= 11 is 0. The van der Waals surface area contributed by atoms with Gasteiger partial charge in [-0.25, -0.2) is 13.2 Å². The van der Waals surface area contributed by atoms with Crippen LogP contribution in [0.25, 0.3) is 11.0 Å². The fourth-order valence-corrected chi connectivity index (χ4v) is 2.37. The number of carbonyl (C=O) groups is 1. The summed E-state index contributed by atoms with van der Waals surface area (Å²) < 4.78 is 50.5. The number of fused-ring (bicyclic) bond motifs is 1. The molecule has 0 fully saturated rings. The second-order valence-electron chi connectivity index (χ2n) is 5.02. The standard InChI is InChI=1S/C17H12F3NO3/c1-23-8-10-9-4-2-3-5-13(9)24-16(10)17(22)21-12-7-6-11(18)14(19)15(12)20/h2-7H,8H2,1H3,(H,21,22). The van der Waals surface area contributed by atoms with E-state index in [0.717, 1.165) is 12.1 Å². The van der Waals surface area contributed by atoms with Gasteiger partial charge in [-0.3, -0.25) is 4.79 Å². The molecular formula is C17H12F3NO3. The lowest BCUT2D eigenvalue weighted by molar-refractivity contribution is 0.0991. The molecule has 0 spiro atoms. The first-order valence-electron chi connectivity index (χ1n) is 6.97. The van der Waals surface area contributed by atoms with Crippen LogP contribution in [0.5, 0.6) is 0 Å². The maximum atomic E-state index is 13.7. The van der Waals surface area contributed by atoms with Gasteiger partial charge < -0.3 is 14.5 Å². The van der Waals surface area contributed by atoms with Crippen molar-refractivity contribution in [2.24, 2.45) is 0 Å². The van der Waals surface area contributed by atoms with Gasteiger partial charge in [-0.05, 0) is 18.2 Å². The quantitative estimate of drug-likeness (QED) is 0.725. The second kappa shape index (κ2) is 6.37. The van der Waals surface area contributed by atoms with Crippen molar-refractivity contribution in [1.82, 2.24) is 0 Å². The van der Waals surface area contributed by atoms with Crippen LogP contribution >= 0.6 is 0 Å². The molecule has 0 radical (unpaired) electrons. The molecule has 0 aliphatic rings. The molecule has 0 saturated heterocycles. The maximum absolute atomic E-state index is 13.7. The Morgan fingerprint density at radius 2 is 1.88 bits per heavy atom. The highest BCUT2D eigenvalue weighted by Gasteiger charge is 2.22. The molecule has 2 aromatic carbocycles. The highest BCUT2D eigenvalue weighted by molar-refractivity contribution is 6.06. The highest BCUT2D eigenvalue weighted by atomic mass is 19.2. The molecule has 1 amide bonds. The van der Waals surface area contributed by atoms with Crippen molar-refractivity contribution in [2.45, 2.75) is 6.61 Å². The third-order valence-electron chi connectivity index (χ3n) is 3.48. The predicted molar refractivity (Wildman–Crippen MR) is 81.2 cm³/mol. The van der Waals surface area contributed by atoms with Gasteiger partial charge in [-0.15, -0.1) is 0 Å². The predicted octanol–water partition coefficient (Wildman–Crippen LogP) is 4.25. The van der Waals surface area contributed by atoms with Crippen LogP contribution in [-0.4, -0.2) is 13.0 Å². The molecule has 1 heterocycles. The average Bonchev–Trinajstić information content (AvgIpc) is 2.95. The highest BCUT2D eigenvalue weighted by Crippen LogP contribution is 2.28. The minimum atomic E-state index is -1.66. The van der Waals surface area contributed by atoms with Gasteiger partial charge in [-0.1, -0.05) is 18.2 Å². The lowest BCUT2D eigenvalue weighted by Crippen LogP contribution is -2.15. The average molecular weight is 335 g/mol. The van der Waals surface area contributed by atoms with Crippen molar-refractivity contribution in [3.63, 3.8) is 0 Å². The van der Waals surface area contributed by atoms with E-state index in [4.69, 9.17) is 9.15 Å². The fraction of sp³-hybridized carbons (Fsp3) is 0.118. The minimum absolute atomic E-state index is 0.0813. The lowest BCUT2D eigenvalue weighted by atomic mass is 10.1. The number of benzene rings is 2. The molecule has 124 valence electrons. The molecule has 0 unspecified atom stereocenters. The summed E-state index contributed by atoms with van der Waals surface area (Å²) in [5.74, 6) is -5.35. The van der Waals surface area contributed by atoms with E-state index in [-0.39, 0.29) is 12.4 Å². The number of carbonyl (C=O) groups excluding carboxylic acids is 1. The monoisotopic (exact) mass is 335 g/mol. The molecule has 0 saturated carbocycles. The van der Waals surface area contributed by atoms with Crippen LogP contribution in [-0.2, 0) is 11.3 Å². The topological polar surface area (TPSA) is 51.5 Å². The number of furan rings is 1. The van der Waals surface area contributed by atoms with Gasteiger partial charge in [0, 0.05) is 18.1 Å². The van der Waals surface area contributed by atoms with Gasteiger partial charge in [0.1, 0.15) is 5.58 Å². The van der Waals surface area contributed by atoms with Gasteiger partial charge in [0.25, 0.3) is 5.91 Å². The van der Waals surface area contributed by atoms with Crippen molar-refractivity contribution in [2.75, 3.05) is 12.4 Å². The Morgan fingerprint density at radius 1 is 1.12 bits per heavy atom. The molecule has 24 heavy (non-hydrogen) atoms. The number of hydrogen-bond donors (Lipinski definition) is 1. The van der Waals surface area contributed by atoms with E-state index in [1.807, 2.05) is 0 Å². The molecule has 0 aliphatic heterocycles. The summed E-state index contributed by atoms with van der Waals surface area (Å²) in [6, 6.07) is 8.59. The van der Waals surface area contributed by atoms with Crippen LogP contribution in [0.1, 0.15) is 16.1 Å². The normalized spacial score (nSPS) is 11.0. The lowest BCUT2D eigenvalue weighted by Gasteiger charge is -2.07. The summed E-state index contributed by atoms with van der Waals surface area (Å²) in [5.41, 5.74) is 0.455. The number of ether oxygens (including phenoxy) is 1. The van der Waals surface area contributed by atoms with Crippen molar-refractivity contribution < 1.29 is 27.1 Å². The summed E-state index contributed by atoms with van der Waals surface area (Å²) in [6.45, 7) is 0.0972. The van der Waals surface area contributed by atoms with Crippen molar-refractivity contribution in [1.29, 1.82) is 0 Å². The number of halogens is 3. The van der Waals surface area contributed by atoms with Crippen LogP contribution in [0.4, 0.5) is 18.9 Å².